The summed E-state index contributed by atoms with van der Waals surface area (Å²) in [6.45, 7) is 18.9. The fourth-order valence-electron chi connectivity index (χ4n) is 4.77. The molecule has 6 heteroatoms. The van der Waals surface area contributed by atoms with Gasteiger partial charge in [-0.05, 0) is 77.6 Å². The minimum absolute atomic E-state index is 0.549. The van der Waals surface area contributed by atoms with Crippen LogP contribution in [0.5, 0.6) is 0 Å². The van der Waals surface area contributed by atoms with Gasteiger partial charge in [0, 0.05) is 70.1 Å². The van der Waals surface area contributed by atoms with E-state index in [9.17, 15) is 0 Å². The van der Waals surface area contributed by atoms with E-state index >= 15 is 0 Å². The van der Waals surface area contributed by atoms with Gasteiger partial charge in [0.25, 0.3) is 0 Å². The number of piperidine rings is 1. The van der Waals surface area contributed by atoms with Crippen LogP contribution >= 0.6 is 0 Å². The number of guanidine groups is 1. The van der Waals surface area contributed by atoms with Crippen LogP contribution in [0.25, 0.3) is 0 Å². The smallest absolute Gasteiger partial charge is 0.191 e. The Kier molecular flexibility index (Phi) is 10.1. The van der Waals surface area contributed by atoms with E-state index in [2.05, 4.69) is 77.3 Å². The molecule has 2 N–H and O–H groups in total. The van der Waals surface area contributed by atoms with Gasteiger partial charge in [0.2, 0.25) is 0 Å². The van der Waals surface area contributed by atoms with Crippen molar-refractivity contribution in [3.05, 3.63) is 29.8 Å². The Morgan fingerprint density at radius 1 is 1.06 bits per heavy atom. The maximum Gasteiger partial charge on any atom is 0.191 e. The maximum atomic E-state index is 4.86. The molecule has 0 unspecified atom stereocenters. The summed E-state index contributed by atoms with van der Waals surface area (Å²) in [4.78, 5) is 12.6. The van der Waals surface area contributed by atoms with Crippen molar-refractivity contribution in [2.24, 2.45) is 4.99 Å². The maximum absolute atomic E-state index is 4.86. The van der Waals surface area contributed by atoms with E-state index in [0.29, 0.717) is 12.1 Å². The molecule has 2 saturated heterocycles. The van der Waals surface area contributed by atoms with Crippen LogP contribution < -0.4 is 15.5 Å². The van der Waals surface area contributed by atoms with Crippen LogP contribution in [0.4, 0.5) is 5.69 Å². The summed E-state index contributed by atoms with van der Waals surface area (Å²) in [6.07, 6.45) is 4.79. The van der Waals surface area contributed by atoms with E-state index in [1.54, 1.807) is 0 Å². The summed E-state index contributed by atoms with van der Waals surface area (Å²) in [6, 6.07) is 10.1. The van der Waals surface area contributed by atoms with Gasteiger partial charge in [-0.3, -0.25) is 9.89 Å². The van der Waals surface area contributed by atoms with Crippen molar-refractivity contribution in [2.45, 2.75) is 65.5 Å². The van der Waals surface area contributed by atoms with Crippen molar-refractivity contribution >= 4 is 11.6 Å². The second kappa shape index (κ2) is 13.0. The van der Waals surface area contributed by atoms with Crippen LogP contribution in [-0.2, 0) is 0 Å². The second-order valence-corrected chi connectivity index (χ2v) is 9.68. The molecule has 3 rings (SSSR count). The molecule has 0 bridgehead atoms. The average Bonchev–Trinajstić information content (AvgIpc) is 2.80. The summed E-state index contributed by atoms with van der Waals surface area (Å²) in [5.74, 6) is 1.00. The van der Waals surface area contributed by atoms with Crippen molar-refractivity contribution in [1.82, 2.24) is 20.4 Å². The molecule has 1 aromatic rings. The normalized spacial score (nSPS) is 19.5. The number of piperazine rings is 1. The van der Waals surface area contributed by atoms with E-state index < -0.39 is 0 Å². The predicted octanol–water partition coefficient (Wildman–Crippen LogP) is 3.33. The highest BCUT2D eigenvalue weighted by molar-refractivity contribution is 5.80. The zero-order valence-electron chi connectivity index (χ0n) is 20.9. The number of nitrogens with zero attached hydrogens (tertiary/aromatic N) is 4. The average molecular weight is 443 g/mol. The summed E-state index contributed by atoms with van der Waals surface area (Å²) in [7, 11) is 0. The highest BCUT2D eigenvalue weighted by Crippen LogP contribution is 2.18. The van der Waals surface area contributed by atoms with E-state index in [4.69, 9.17) is 4.99 Å². The lowest BCUT2D eigenvalue weighted by Crippen LogP contribution is -2.49. The van der Waals surface area contributed by atoms with Crippen LogP contribution in [0.1, 0.15) is 52.0 Å². The van der Waals surface area contributed by atoms with Crippen molar-refractivity contribution in [3.63, 3.8) is 0 Å². The highest BCUT2D eigenvalue weighted by Gasteiger charge is 2.21. The van der Waals surface area contributed by atoms with Crippen LogP contribution in [0, 0.1) is 6.92 Å². The number of unbranched alkanes of at least 4 members (excludes halogenated alkanes) is 1. The van der Waals surface area contributed by atoms with Gasteiger partial charge >= 0.3 is 0 Å². The molecule has 0 amide bonds. The Labute approximate surface area is 196 Å². The molecule has 180 valence electrons. The molecular formula is C26H46N6. The summed E-state index contributed by atoms with van der Waals surface area (Å²) >= 11 is 0. The first-order valence-corrected chi connectivity index (χ1v) is 12.9. The second-order valence-electron chi connectivity index (χ2n) is 9.68. The number of hydrogen-bond acceptors (Lipinski definition) is 4. The molecule has 2 heterocycles. The molecule has 1 aromatic carbocycles. The summed E-state index contributed by atoms with van der Waals surface area (Å²) < 4.78 is 0. The molecule has 0 radical (unpaired) electrons. The van der Waals surface area contributed by atoms with Crippen molar-refractivity contribution < 1.29 is 0 Å². The van der Waals surface area contributed by atoms with Crippen LogP contribution in [0.2, 0.25) is 0 Å². The first-order valence-electron chi connectivity index (χ1n) is 12.9. The number of aliphatic imine (C=N–C) groups is 1. The zero-order valence-corrected chi connectivity index (χ0v) is 20.9. The molecule has 0 atom stereocenters. The fraction of sp³-hybridized carbons (Fsp3) is 0.731. The van der Waals surface area contributed by atoms with E-state index in [1.165, 1.54) is 50.1 Å². The Morgan fingerprint density at radius 2 is 1.81 bits per heavy atom. The number of anilines is 1. The number of hydrogen-bond donors (Lipinski definition) is 2. The van der Waals surface area contributed by atoms with Gasteiger partial charge in [0.15, 0.2) is 5.96 Å². The van der Waals surface area contributed by atoms with Gasteiger partial charge in [0.1, 0.15) is 0 Å². The molecule has 0 aliphatic carbocycles. The lowest BCUT2D eigenvalue weighted by molar-refractivity contribution is 0.167. The lowest BCUT2D eigenvalue weighted by Gasteiger charge is -2.36. The third-order valence-corrected chi connectivity index (χ3v) is 6.84. The van der Waals surface area contributed by atoms with Gasteiger partial charge in [-0.15, -0.1) is 0 Å². The van der Waals surface area contributed by atoms with Crippen molar-refractivity contribution in [3.8, 4) is 0 Å². The van der Waals surface area contributed by atoms with E-state index in [0.717, 1.165) is 51.6 Å². The van der Waals surface area contributed by atoms with E-state index in [1.807, 2.05) is 0 Å². The summed E-state index contributed by atoms with van der Waals surface area (Å²) in [5, 5.41) is 7.12. The third kappa shape index (κ3) is 7.96. The quantitative estimate of drug-likeness (QED) is 0.349. The molecule has 0 spiro atoms. The number of aryl methyl sites for hydroxylation is 1. The fourth-order valence-corrected chi connectivity index (χ4v) is 4.77. The topological polar surface area (TPSA) is 46.1 Å². The van der Waals surface area contributed by atoms with Gasteiger partial charge in [-0.2, -0.15) is 0 Å². The number of rotatable bonds is 9. The largest absolute Gasteiger partial charge is 0.369 e. The zero-order chi connectivity index (χ0) is 22.8. The van der Waals surface area contributed by atoms with Crippen molar-refractivity contribution in [1.29, 1.82) is 0 Å². The first-order chi connectivity index (χ1) is 15.5. The first kappa shape index (κ1) is 24.8. The van der Waals surface area contributed by atoms with Gasteiger partial charge in [-0.25, -0.2) is 0 Å². The van der Waals surface area contributed by atoms with Crippen molar-refractivity contribution in [2.75, 3.05) is 63.8 Å². The Morgan fingerprint density at radius 3 is 2.47 bits per heavy atom. The Bertz CT molecular complexity index is 687. The minimum Gasteiger partial charge on any atom is -0.369 e. The SMILES string of the molecule is CCNC(=NCCCCN1CCN(c2cccc(C)c2)CC1)NC1CCN(C(C)C)CC1. The monoisotopic (exact) mass is 442 g/mol. The molecule has 2 fully saturated rings. The van der Waals surface area contributed by atoms with Crippen LogP contribution in [0.15, 0.2) is 29.3 Å². The molecular weight excluding hydrogens is 396 g/mol. The van der Waals surface area contributed by atoms with E-state index in [-0.39, 0.29) is 0 Å². The molecule has 2 aliphatic heterocycles. The Hall–Kier alpha value is -1.79. The molecule has 0 saturated carbocycles. The number of benzene rings is 1. The lowest BCUT2D eigenvalue weighted by atomic mass is 10.0. The Balaban J connectivity index is 1.32. The molecule has 0 aromatic heterocycles. The predicted molar refractivity (Wildman–Crippen MR) is 138 cm³/mol. The molecule has 2 aliphatic rings. The van der Waals surface area contributed by atoms with Gasteiger partial charge < -0.3 is 20.4 Å². The van der Waals surface area contributed by atoms with Crippen LogP contribution in [0.3, 0.4) is 0 Å². The standard InChI is InChI=1S/C26H46N6/c1-5-27-26(29-24-11-15-31(16-12-24)22(2)3)28-13-6-7-14-30-17-19-32(20-18-30)25-10-8-9-23(4)21-25/h8-10,21-22,24H,5-7,11-20H2,1-4H3,(H2,27,28,29). The molecule has 6 nitrogen and oxygen atoms in total. The van der Waals surface area contributed by atoms with Gasteiger partial charge in [0.05, 0.1) is 0 Å². The summed E-state index contributed by atoms with van der Waals surface area (Å²) in [5.41, 5.74) is 2.72. The molecule has 32 heavy (non-hydrogen) atoms. The van der Waals surface area contributed by atoms with Crippen LogP contribution in [-0.4, -0.2) is 86.7 Å². The third-order valence-electron chi connectivity index (χ3n) is 6.84. The van der Waals surface area contributed by atoms with Gasteiger partial charge in [-0.1, -0.05) is 12.1 Å². The minimum atomic E-state index is 0.549. The highest BCUT2D eigenvalue weighted by atomic mass is 15.3. The number of nitrogens with one attached hydrogen (secondary N) is 2. The number of likely N-dealkylation sites (tertiary alicyclic amines) is 1.